The molecule has 0 bridgehead atoms. The standard InChI is InChI=1S/C22H18F3N3O3.C3H4N2O2.2C2HF3O2/c1-21(2)19(29)28(15-7-9-16(10-8-15)31-22(23,24)25)20(30)27(21)13-14-11-12-26-18-6-4-3-5-17(14)18;6-2-1-4-3(7)5-2;2*3-2(4,5)1(6)7/h3-12H,13H2,1-2H3;1H2,(H2,4,5,6,7);2*(H,6,7). The predicted molar refractivity (Wildman–Crippen MR) is 156 cm³/mol. The maximum Gasteiger partial charge on any atom is 0.573 e. The van der Waals surface area contributed by atoms with Crippen molar-refractivity contribution < 1.29 is 83.2 Å². The minimum atomic E-state index is -5.08. The zero-order valence-electron chi connectivity index (χ0n) is 26.2. The van der Waals surface area contributed by atoms with E-state index in [0.717, 1.165) is 33.5 Å². The van der Waals surface area contributed by atoms with Gasteiger partial charge >= 0.3 is 42.7 Å². The molecular weight excluding hydrogens is 733 g/mol. The lowest BCUT2D eigenvalue weighted by Crippen LogP contribution is -2.43. The number of aliphatic carboxylic acids is 2. The molecule has 0 radical (unpaired) electrons. The number of ether oxygens (including phenoxy) is 1. The predicted octanol–water partition coefficient (Wildman–Crippen LogP) is 4.97. The lowest BCUT2D eigenvalue weighted by Gasteiger charge is -2.28. The molecule has 14 nitrogen and oxygen atoms in total. The molecule has 0 aliphatic carbocycles. The summed E-state index contributed by atoms with van der Waals surface area (Å²) in [6, 6.07) is 12.9. The number of urea groups is 2. The van der Waals surface area contributed by atoms with Crippen LogP contribution in [0.1, 0.15) is 19.4 Å². The molecule has 52 heavy (non-hydrogen) atoms. The van der Waals surface area contributed by atoms with Gasteiger partial charge in [-0.3, -0.25) is 19.9 Å². The van der Waals surface area contributed by atoms with Gasteiger partial charge < -0.3 is 25.2 Å². The molecular formula is C29H24F9N5O9. The average molecular weight is 758 g/mol. The van der Waals surface area contributed by atoms with E-state index in [1.54, 1.807) is 26.1 Å². The second kappa shape index (κ2) is 16.2. The fraction of sp³-hybridized carbons (Fsp3) is 0.276. The van der Waals surface area contributed by atoms with Gasteiger partial charge in [0.25, 0.3) is 5.91 Å². The molecule has 2 aliphatic rings. The highest BCUT2D eigenvalue weighted by molar-refractivity contribution is 6.23. The van der Waals surface area contributed by atoms with Gasteiger partial charge in [-0.25, -0.2) is 24.1 Å². The summed E-state index contributed by atoms with van der Waals surface area (Å²) in [6.07, 6.45) is -13.4. The zero-order valence-corrected chi connectivity index (χ0v) is 26.2. The minimum absolute atomic E-state index is 0.124. The number of alkyl halides is 9. The lowest BCUT2D eigenvalue weighted by molar-refractivity contribution is -0.274. The molecule has 2 saturated heterocycles. The number of amides is 6. The maximum absolute atomic E-state index is 13.2. The van der Waals surface area contributed by atoms with Gasteiger partial charge in [0.2, 0.25) is 5.91 Å². The molecule has 3 heterocycles. The van der Waals surface area contributed by atoms with Crippen molar-refractivity contribution in [2.45, 2.75) is 44.6 Å². The monoisotopic (exact) mass is 757 g/mol. The number of carboxylic acid groups (broad SMARTS) is 2. The number of anilines is 1. The van der Waals surface area contributed by atoms with Gasteiger partial charge in [0.1, 0.15) is 11.3 Å². The Labute approximate surface area is 284 Å². The molecule has 23 heteroatoms. The van der Waals surface area contributed by atoms with E-state index >= 15 is 0 Å². The third-order valence-corrected chi connectivity index (χ3v) is 6.37. The minimum Gasteiger partial charge on any atom is -0.475 e. The summed E-state index contributed by atoms with van der Waals surface area (Å²) in [5.74, 6) is -6.68. The highest BCUT2D eigenvalue weighted by Gasteiger charge is 2.52. The zero-order chi connectivity index (χ0) is 39.8. The van der Waals surface area contributed by atoms with E-state index < -0.39 is 59.9 Å². The van der Waals surface area contributed by atoms with E-state index in [9.17, 15) is 58.7 Å². The first-order valence-corrected chi connectivity index (χ1v) is 13.8. The Morgan fingerprint density at radius 2 is 1.37 bits per heavy atom. The van der Waals surface area contributed by atoms with E-state index in [1.165, 1.54) is 17.0 Å². The SMILES string of the molecule is CC1(C)C(=O)N(c2ccc(OC(F)(F)F)cc2)C(=O)N1Cc1ccnc2ccccc12.O=C(O)C(F)(F)F.O=C(O)C(F)(F)F.O=C1CNC(=O)N1. The number of para-hydroxylation sites is 1. The molecule has 6 amide bonds. The van der Waals surface area contributed by atoms with Crippen LogP contribution in [-0.4, -0.2) is 86.7 Å². The molecule has 0 atom stereocenters. The largest absolute Gasteiger partial charge is 0.573 e. The molecule has 4 N–H and O–H groups in total. The first kappa shape index (κ1) is 42.0. The number of benzene rings is 2. The van der Waals surface area contributed by atoms with Crippen LogP contribution in [0, 0.1) is 0 Å². The van der Waals surface area contributed by atoms with Gasteiger partial charge in [-0.05, 0) is 55.8 Å². The molecule has 0 unspecified atom stereocenters. The summed E-state index contributed by atoms with van der Waals surface area (Å²) in [7, 11) is 0. The Bertz CT molecular complexity index is 1770. The summed E-state index contributed by atoms with van der Waals surface area (Å²) in [6.45, 7) is 3.57. The van der Waals surface area contributed by atoms with Gasteiger partial charge in [-0.1, -0.05) is 18.2 Å². The smallest absolute Gasteiger partial charge is 0.475 e. The van der Waals surface area contributed by atoms with Crippen LogP contribution in [0.2, 0.25) is 0 Å². The Balaban J connectivity index is 0.000000361. The van der Waals surface area contributed by atoms with Crippen molar-refractivity contribution in [2.75, 3.05) is 11.4 Å². The van der Waals surface area contributed by atoms with Crippen LogP contribution in [0.5, 0.6) is 5.75 Å². The second-order valence-electron chi connectivity index (χ2n) is 10.4. The van der Waals surface area contributed by atoms with Crippen molar-refractivity contribution in [3.8, 4) is 5.75 Å². The Morgan fingerprint density at radius 3 is 1.79 bits per heavy atom. The number of hydrogen-bond donors (Lipinski definition) is 4. The lowest BCUT2D eigenvalue weighted by atomic mass is 10.0. The molecule has 0 spiro atoms. The third kappa shape index (κ3) is 11.7. The van der Waals surface area contributed by atoms with Crippen LogP contribution >= 0.6 is 0 Å². The highest BCUT2D eigenvalue weighted by atomic mass is 19.4. The van der Waals surface area contributed by atoms with Gasteiger partial charge in [-0.15, -0.1) is 13.2 Å². The van der Waals surface area contributed by atoms with Crippen molar-refractivity contribution in [1.29, 1.82) is 0 Å². The first-order chi connectivity index (χ1) is 23.8. The first-order valence-electron chi connectivity index (χ1n) is 13.8. The number of pyridine rings is 1. The van der Waals surface area contributed by atoms with Crippen LogP contribution in [-0.2, 0) is 25.7 Å². The molecule has 282 valence electrons. The molecule has 5 rings (SSSR count). The summed E-state index contributed by atoms with van der Waals surface area (Å²) in [5, 5.41) is 19.4. The molecule has 3 aromatic rings. The second-order valence-corrected chi connectivity index (χ2v) is 10.4. The number of nitrogens with one attached hydrogen (secondary N) is 2. The van der Waals surface area contributed by atoms with Gasteiger partial charge in [0, 0.05) is 18.1 Å². The van der Waals surface area contributed by atoms with Crippen molar-refractivity contribution in [3.63, 3.8) is 0 Å². The molecule has 1 aromatic heterocycles. The Morgan fingerprint density at radius 1 is 0.846 bits per heavy atom. The van der Waals surface area contributed by atoms with Crippen molar-refractivity contribution in [3.05, 3.63) is 66.4 Å². The molecule has 2 fully saturated rings. The molecule has 2 aromatic carbocycles. The molecule has 0 saturated carbocycles. The number of carbonyl (C=O) groups is 6. The summed E-state index contributed by atoms with van der Waals surface area (Å²) in [5.41, 5.74) is 0.617. The van der Waals surface area contributed by atoms with Crippen LogP contribution in [0.3, 0.4) is 0 Å². The number of nitrogens with zero attached hydrogens (tertiary/aromatic N) is 3. The van der Waals surface area contributed by atoms with Crippen LogP contribution in [0.25, 0.3) is 10.9 Å². The van der Waals surface area contributed by atoms with Gasteiger partial charge in [0.05, 0.1) is 17.7 Å². The summed E-state index contributed by atoms with van der Waals surface area (Å²) < 4.78 is 104. The molecule has 2 aliphatic heterocycles. The number of halogens is 9. The fourth-order valence-electron chi connectivity index (χ4n) is 3.96. The van der Waals surface area contributed by atoms with Crippen LogP contribution < -0.4 is 20.3 Å². The van der Waals surface area contributed by atoms with E-state index in [4.69, 9.17) is 19.8 Å². The van der Waals surface area contributed by atoms with Crippen LogP contribution in [0.4, 0.5) is 54.8 Å². The highest BCUT2D eigenvalue weighted by Crippen LogP contribution is 2.35. The van der Waals surface area contributed by atoms with E-state index in [1.807, 2.05) is 29.6 Å². The Hall–Kier alpha value is -6.16. The van der Waals surface area contributed by atoms with Crippen LogP contribution in [0.15, 0.2) is 60.8 Å². The number of hydrogen-bond acceptors (Lipinski definition) is 8. The van der Waals surface area contributed by atoms with E-state index in [2.05, 4.69) is 15.0 Å². The summed E-state index contributed by atoms with van der Waals surface area (Å²) in [4.78, 5) is 70.8. The number of carbonyl (C=O) groups excluding carboxylic acids is 4. The van der Waals surface area contributed by atoms with E-state index in [-0.39, 0.29) is 24.7 Å². The number of fused-ring (bicyclic) bond motifs is 1. The number of imide groups is 2. The van der Waals surface area contributed by atoms with Crippen molar-refractivity contribution in [1.82, 2.24) is 20.5 Å². The van der Waals surface area contributed by atoms with Gasteiger partial charge in [0.15, 0.2) is 0 Å². The van der Waals surface area contributed by atoms with Crippen molar-refractivity contribution >= 4 is 52.4 Å². The summed E-state index contributed by atoms with van der Waals surface area (Å²) >= 11 is 0. The third-order valence-electron chi connectivity index (χ3n) is 6.37. The maximum atomic E-state index is 13.2. The average Bonchev–Trinajstić information content (AvgIpc) is 3.48. The number of carboxylic acids is 2. The quantitative estimate of drug-likeness (QED) is 0.208. The van der Waals surface area contributed by atoms with Crippen molar-refractivity contribution in [2.24, 2.45) is 0 Å². The number of aromatic nitrogens is 1. The van der Waals surface area contributed by atoms with E-state index in [0.29, 0.717) is 0 Å². The Kier molecular flexibility index (Phi) is 13.1. The topological polar surface area (TPSA) is 196 Å². The van der Waals surface area contributed by atoms with Gasteiger partial charge in [-0.2, -0.15) is 26.3 Å². The normalized spacial score (nSPS) is 15.3. The fourth-order valence-corrected chi connectivity index (χ4v) is 3.96. The number of rotatable bonds is 4.